The highest BCUT2D eigenvalue weighted by Gasteiger charge is 2.37. The normalized spacial score (nSPS) is 27.1. The summed E-state index contributed by atoms with van der Waals surface area (Å²) in [6.45, 7) is 4.92. The molecule has 7 heteroatoms. The number of carbonyl (C=O) groups excluding carboxylic acids is 2. The Morgan fingerprint density at radius 2 is 1.79 bits per heavy atom. The highest BCUT2D eigenvalue weighted by molar-refractivity contribution is 6.40. The van der Waals surface area contributed by atoms with Crippen LogP contribution in [0.25, 0.3) is 0 Å². The molecule has 0 aliphatic carbocycles. The van der Waals surface area contributed by atoms with Crippen LogP contribution in [0.4, 0.5) is 5.69 Å². The third-order valence-corrected chi connectivity index (χ3v) is 4.21. The summed E-state index contributed by atoms with van der Waals surface area (Å²) in [7, 11) is 0. The van der Waals surface area contributed by atoms with E-state index in [4.69, 9.17) is 10.5 Å². The lowest BCUT2D eigenvalue weighted by Gasteiger charge is -2.35. The van der Waals surface area contributed by atoms with Crippen molar-refractivity contribution in [2.24, 2.45) is 10.8 Å². The first-order chi connectivity index (χ1) is 11.5. The summed E-state index contributed by atoms with van der Waals surface area (Å²) in [5, 5.41) is 5.95. The second-order valence-electron chi connectivity index (χ2n) is 6.32. The monoisotopic (exact) mass is 330 g/mol. The fraction of sp³-hybridized carbons (Fsp3) is 0.471. The Kier molecular flexibility index (Phi) is 4.53. The van der Waals surface area contributed by atoms with Gasteiger partial charge in [-0.3, -0.25) is 14.6 Å². The Labute approximate surface area is 141 Å². The van der Waals surface area contributed by atoms with Gasteiger partial charge in [-0.25, -0.2) is 0 Å². The molecule has 1 aromatic carbocycles. The summed E-state index contributed by atoms with van der Waals surface area (Å²) in [6, 6.07) is 8.63. The highest BCUT2D eigenvalue weighted by Crippen LogP contribution is 2.25. The Morgan fingerprint density at radius 3 is 2.38 bits per heavy atom. The Bertz CT molecular complexity index is 651. The van der Waals surface area contributed by atoms with Crippen LogP contribution in [0.1, 0.15) is 20.3 Å². The van der Waals surface area contributed by atoms with Gasteiger partial charge in [0.2, 0.25) is 5.91 Å². The van der Waals surface area contributed by atoms with Crippen molar-refractivity contribution in [1.29, 1.82) is 0 Å². The number of nitrogens with zero attached hydrogens (tertiary/aromatic N) is 3. The molecule has 1 aromatic rings. The van der Waals surface area contributed by atoms with Gasteiger partial charge in [-0.15, -0.1) is 0 Å². The van der Waals surface area contributed by atoms with Crippen molar-refractivity contribution in [2.45, 2.75) is 38.5 Å². The lowest BCUT2D eigenvalue weighted by Crippen LogP contribution is -2.50. The summed E-state index contributed by atoms with van der Waals surface area (Å²) in [5.41, 5.74) is 6.62. The number of hydrazone groups is 1. The van der Waals surface area contributed by atoms with Crippen LogP contribution >= 0.6 is 0 Å². The Hall–Kier alpha value is -2.41. The molecule has 0 radical (unpaired) electrons. The van der Waals surface area contributed by atoms with E-state index in [1.807, 2.05) is 44.2 Å². The molecule has 7 nitrogen and oxygen atoms in total. The van der Waals surface area contributed by atoms with Gasteiger partial charge in [0.15, 0.2) is 0 Å². The molecule has 0 saturated carbocycles. The second kappa shape index (κ2) is 6.60. The average Bonchev–Trinajstić information content (AvgIpc) is 2.99. The highest BCUT2D eigenvalue weighted by atomic mass is 16.5. The molecule has 0 aromatic heterocycles. The maximum atomic E-state index is 12.8. The van der Waals surface area contributed by atoms with Gasteiger partial charge in [-0.2, -0.15) is 5.10 Å². The Morgan fingerprint density at radius 1 is 1.17 bits per heavy atom. The fourth-order valence-corrected chi connectivity index (χ4v) is 3.21. The molecular weight excluding hydrogens is 308 g/mol. The number of anilines is 1. The minimum absolute atomic E-state index is 0.0168. The summed E-state index contributed by atoms with van der Waals surface area (Å²) < 4.78 is 5.66. The topological polar surface area (TPSA) is 88.2 Å². The van der Waals surface area contributed by atoms with Crippen LogP contribution in [0.5, 0.6) is 0 Å². The average molecular weight is 330 g/mol. The first kappa shape index (κ1) is 16.4. The van der Waals surface area contributed by atoms with Gasteiger partial charge in [0.25, 0.3) is 5.91 Å². The number of morpholine rings is 1. The van der Waals surface area contributed by atoms with E-state index in [2.05, 4.69) is 5.10 Å². The quantitative estimate of drug-likeness (QED) is 0.885. The van der Waals surface area contributed by atoms with E-state index in [9.17, 15) is 9.59 Å². The number of ether oxygens (including phenoxy) is 1. The number of nitrogens with two attached hydrogens (primary N) is 1. The van der Waals surface area contributed by atoms with Gasteiger partial charge >= 0.3 is 0 Å². The lowest BCUT2D eigenvalue weighted by atomic mass is 10.1. The van der Waals surface area contributed by atoms with Gasteiger partial charge < -0.3 is 15.4 Å². The van der Waals surface area contributed by atoms with Crippen LogP contribution in [0.3, 0.4) is 0 Å². The van der Waals surface area contributed by atoms with Crippen molar-refractivity contribution in [3.05, 3.63) is 30.3 Å². The summed E-state index contributed by atoms with van der Waals surface area (Å²) in [6.07, 6.45) is 0.192. The number of carbonyl (C=O) groups is 2. The number of amides is 2. The molecule has 2 N–H and O–H groups in total. The van der Waals surface area contributed by atoms with Crippen LogP contribution in [0.15, 0.2) is 35.4 Å². The Balaban J connectivity index is 1.83. The molecular formula is C17H22N4O3. The second-order valence-corrected chi connectivity index (χ2v) is 6.32. The molecule has 2 aliphatic rings. The number of primary amides is 1. The number of hydrogen-bond acceptors (Lipinski definition) is 5. The zero-order valence-electron chi connectivity index (χ0n) is 13.9. The standard InChI is InChI=1S/C17H22N4O3/c1-11-9-20(10-12(2)24-11)17(23)14-8-15(16(18)22)21(19-14)13-6-4-3-5-7-13/h3-7,11-12,15H,8-10H2,1-2H3,(H2,18,22). The largest absolute Gasteiger partial charge is 0.372 e. The molecule has 2 heterocycles. The van der Waals surface area contributed by atoms with Crippen molar-refractivity contribution in [3.8, 4) is 0 Å². The van der Waals surface area contributed by atoms with Gasteiger partial charge in [0.1, 0.15) is 11.8 Å². The lowest BCUT2D eigenvalue weighted by molar-refractivity contribution is -0.136. The summed E-state index contributed by atoms with van der Waals surface area (Å²) in [5.74, 6) is -0.643. The zero-order valence-corrected chi connectivity index (χ0v) is 13.9. The predicted molar refractivity (Wildman–Crippen MR) is 90.5 cm³/mol. The van der Waals surface area contributed by atoms with E-state index in [1.165, 1.54) is 0 Å². The van der Waals surface area contributed by atoms with Crippen LogP contribution in [-0.2, 0) is 14.3 Å². The number of benzene rings is 1. The molecule has 0 bridgehead atoms. The molecule has 3 unspecified atom stereocenters. The molecule has 3 rings (SSSR count). The molecule has 1 saturated heterocycles. The van der Waals surface area contributed by atoms with Crippen molar-refractivity contribution in [2.75, 3.05) is 18.1 Å². The van der Waals surface area contributed by atoms with E-state index in [0.29, 0.717) is 18.8 Å². The molecule has 3 atom stereocenters. The van der Waals surface area contributed by atoms with Crippen LogP contribution in [-0.4, -0.2) is 53.8 Å². The third kappa shape index (κ3) is 3.26. The van der Waals surface area contributed by atoms with Crippen LogP contribution in [0, 0.1) is 0 Å². The third-order valence-electron chi connectivity index (χ3n) is 4.21. The smallest absolute Gasteiger partial charge is 0.270 e. The van der Waals surface area contributed by atoms with Gasteiger partial charge in [-0.1, -0.05) is 18.2 Å². The van der Waals surface area contributed by atoms with E-state index in [0.717, 1.165) is 5.69 Å². The van der Waals surface area contributed by atoms with Crippen molar-refractivity contribution in [1.82, 2.24) is 4.90 Å². The molecule has 128 valence electrons. The minimum Gasteiger partial charge on any atom is -0.372 e. The SMILES string of the molecule is CC1CN(C(=O)C2=NN(c3ccccc3)C(C(N)=O)C2)CC(C)O1. The summed E-state index contributed by atoms with van der Waals surface area (Å²) >= 11 is 0. The molecule has 1 fully saturated rings. The summed E-state index contributed by atoms with van der Waals surface area (Å²) in [4.78, 5) is 26.3. The number of hydrogen-bond donors (Lipinski definition) is 1. The maximum absolute atomic E-state index is 12.8. The van der Waals surface area contributed by atoms with E-state index in [-0.39, 0.29) is 24.5 Å². The van der Waals surface area contributed by atoms with E-state index < -0.39 is 11.9 Å². The van der Waals surface area contributed by atoms with Gasteiger partial charge in [0, 0.05) is 19.5 Å². The van der Waals surface area contributed by atoms with E-state index in [1.54, 1.807) is 9.91 Å². The van der Waals surface area contributed by atoms with Crippen LogP contribution < -0.4 is 10.7 Å². The first-order valence-electron chi connectivity index (χ1n) is 8.11. The molecule has 24 heavy (non-hydrogen) atoms. The van der Waals surface area contributed by atoms with Gasteiger partial charge in [-0.05, 0) is 26.0 Å². The number of para-hydroxylation sites is 1. The molecule has 2 amide bonds. The minimum atomic E-state index is -0.637. The van der Waals surface area contributed by atoms with Crippen molar-refractivity contribution >= 4 is 23.2 Å². The molecule has 0 spiro atoms. The predicted octanol–water partition coefficient (Wildman–Crippen LogP) is 0.742. The van der Waals surface area contributed by atoms with Crippen LogP contribution in [0.2, 0.25) is 0 Å². The van der Waals surface area contributed by atoms with E-state index >= 15 is 0 Å². The molecule has 2 aliphatic heterocycles. The number of rotatable bonds is 3. The fourth-order valence-electron chi connectivity index (χ4n) is 3.21. The first-order valence-corrected chi connectivity index (χ1v) is 8.11. The van der Waals surface area contributed by atoms with Crippen molar-refractivity contribution in [3.63, 3.8) is 0 Å². The van der Waals surface area contributed by atoms with Crippen molar-refractivity contribution < 1.29 is 14.3 Å². The van der Waals surface area contributed by atoms with Gasteiger partial charge in [0.05, 0.1) is 17.9 Å². The zero-order chi connectivity index (χ0) is 17.3. The maximum Gasteiger partial charge on any atom is 0.270 e.